The van der Waals surface area contributed by atoms with Gasteiger partial charge in [0.05, 0.1) is 23.7 Å². The van der Waals surface area contributed by atoms with Gasteiger partial charge in [0.1, 0.15) is 6.10 Å². The summed E-state index contributed by atoms with van der Waals surface area (Å²) < 4.78 is 12.6. The van der Waals surface area contributed by atoms with Crippen molar-refractivity contribution in [2.24, 2.45) is 34.0 Å². The minimum absolute atomic E-state index is 0.271. The summed E-state index contributed by atoms with van der Waals surface area (Å²) in [6.45, 7) is 10.8. The van der Waals surface area contributed by atoms with Crippen LogP contribution in [0.3, 0.4) is 0 Å². The Morgan fingerprint density at radius 3 is 2.47 bits per heavy atom. The molecule has 32 heavy (non-hydrogen) atoms. The molecule has 0 radical (unpaired) electrons. The summed E-state index contributed by atoms with van der Waals surface area (Å²) in [5, 5.41) is 58.3. The minimum atomic E-state index is -2.26. The van der Waals surface area contributed by atoms with Gasteiger partial charge in [-0.15, -0.1) is 0 Å². The van der Waals surface area contributed by atoms with Crippen molar-refractivity contribution in [1.29, 1.82) is 0 Å². The number of rotatable bonds is 5. The topological polar surface area (TPSA) is 120 Å². The third-order valence-corrected chi connectivity index (χ3v) is 10.1. The smallest absolute Gasteiger partial charge is 0.206 e. The first-order chi connectivity index (χ1) is 15.0. The van der Waals surface area contributed by atoms with Crippen LogP contribution in [0.1, 0.15) is 65.7 Å². The van der Waals surface area contributed by atoms with Gasteiger partial charge in [-0.3, -0.25) is 0 Å². The largest absolute Gasteiger partial charge is 0.393 e. The van der Waals surface area contributed by atoms with Gasteiger partial charge in [-0.1, -0.05) is 46.6 Å². The lowest BCUT2D eigenvalue weighted by atomic mass is 9.35. The average molecular weight is 453 g/mol. The monoisotopic (exact) mass is 452 g/mol. The molecule has 182 valence electrons. The average Bonchev–Trinajstić information content (AvgIpc) is 2.83. The van der Waals surface area contributed by atoms with E-state index in [1.807, 2.05) is 0 Å². The number of unbranched alkanes of at least 4 members (excludes halogenated alkanes) is 2. The zero-order valence-corrected chi connectivity index (χ0v) is 19.5. The van der Waals surface area contributed by atoms with Crippen molar-refractivity contribution in [2.45, 2.75) is 102 Å². The molecule has 2 heterocycles. The van der Waals surface area contributed by atoms with Gasteiger partial charge in [-0.25, -0.2) is 0 Å². The number of fused-ring (bicyclic) bond motifs is 2. The van der Waals surface area contributed by atoms with Crippen molar-refractivity contribution in [3.05, 3.63) is 12.2 Å². The first-order valence-electron chi connectivity index (χ1n) is 12.4. The highest BCUT2D eigenvalue weighted by Gasteiger charge is 2.88. The van der Waals surface area contributed by atoms with E-state index in [1.54, 1.807) is 0 Å². The SMILES string of the molecule is C=C1[C@@H](O)[C@]23[C@H](O)[C@H]1C[C@H](O)[C@H]2[C@]12CCCC(C)(C)[C@H]1[C@H](O)[C@]3(O)O[C@@H]2OCCCCC. The van der Waals surface area contributed by atoms with Crippen LogP contribution < -0.4 is 0 Å². The normalized spacial score (nSPS) is 55.6. The van der Waals surface area contributed by atoms with Crippen molar-refractivity contribution in [3.8, 4) is 0 Å². The maximum absolute atomic E-state index is 12.2. The van der Waals surface area contributed by atoms with E-state index in [4.69, 9.17) is 9.47 Å². The maximum atomic E-state index is 12.2. The standard InChI is InChI=1S/C25H40O7/c1-5-6-7-11-31-21-23-10-8-9-22(3,4)17(23)20(29)25(30,32-21)24-16(23)15(26)12-14(19(24)28)13(2)18(24)27/h14-21,26-30H,2,5-12H2,1,3-4H3/t14-,15-,16-,17+,18+,19+,20-,21-,23+,24-,25-/m0/s1. The first kappa shape index (κ1) is 23.2. The van der Waals surface area contributed by atoms with Crippen molar-refractivity contribution < 1.29 is 35.0 Å². The molecule has 7 heteroatoms. The van der Waals surface area contributed by atoms with Crippen LogP contribution in [-0.4, -0.2) is 68.6 Å². The zero-order valence-electron chi connectivity index (χ0n) is 19.5. The van der Waals surface area contributed by atoms with E-state index >= 15 is 0 Å². The Labute approximate surface area is 190 Å². The van der Waals surface area contributed by atoms with E-state index in [9.17, 15) is 25.5 Å². The third kappa shape index (κ3) is 2.41. The molecule has 11 atom stereocenters. The highest BCUT2D eigenvalue weighted by molar-refractivity contribution is 5.38. The molecule has 2 saturated heterocycles. The Morgan fingerprint density at radius 1 is 1.06 bits per heavy atom. The molecule has 0 aromatic heterocycles. The lowest BCUT2D eigenvalue weighted by molar-refractivity contribution is -0.523. The van der Waals surface area contributed by atoms with Gasteiger partial charge in [-0.2, -0.15) is 0 Å². The fourth-order valence-electron chi connectivity index (χ4n) is 9.02. The summed E-state index contributed by atoms with van der Waals surface area (Å²) in [7, 11) is 0. The zero-order chi connectivity index (χ0) is 23.3. The summed E-state index contributed by atoms with van der Waals surface area (Å²) in [4.78, 5) is 0. The Hall–Kier alpha value is -0.540. The summed E-state index contributed by atoms with van der Waals surface area (Å²) in [5.41, 5.74) is -2.42. The fourth-order valence-corrected chi connectivity index (χ4v) is 9.02. The Bertz CT molecular complexity index is 784. The van der Waals surface area contributed by atoms with Crippen LogP contribution in [0.25, 0.3) is 0 Å². The lowest BCUT2D eigenvalue weighted by Crippen LogP contribution is -2.87. The molecule has 4 aliphatic carbocycles. The predicted octanol–water partition coefficient (Wildman–Crippen LogP) is 1.70. The highest BCUT2D eigenvalue weighted by Crippen LogP contribution is 2.78. The van der Waals surface area contributed by atoms with Crippen molar-refractivity contribution >= 4 is 0 Å². The Morgan fingerprint density at radius 2 is 1.78 bits per heavy atom. The molecule has 2 spiro atoms. The molecule has 0 unspecified atom stereocenters. The molecule has 4 bridgehead atoms. The van der Waals surface area contributed by atoms with Crippen molar-refractivity contribution in [3.63, 3.8) is 0 Å². The van der Waals surface area contributed by atoms with Crippen LogP contribution in [0, 0.1) is 34.0 Å². The van der Waals surface area contributed by atoms with Crippen molar-refractivity contribution in [2.75, 3.05) is 6.61 Å². The fraction of sp³-hybridized carbons (Fsp3) is 0.920. The molecule has 6 fully saturated rings. The van der Waals surface area contributed by atoms with Crippen LogP contribution in [0.5, 0.6) is 0 Å². The molecule has 4 saturated carbocycles. The van der Waals surface area contributed by atoms with E-state index in [-0.39, 0.29) is 11.8 Å². The van der Waals surface area contributed by atoms with Gasteiger partial charge < -0.3 is 35.0 Å². The van der Waals surface area contributed by atoms with Crippen LogP contribution in [0.15, 0.2) is 12.2 Å². The molecular formula is C25H40O7. The molecule has 2 aliphatic heterocycles. The predicted molar refractivity (Wildman–Crippen MR) is 116 cm³/mol. The summed E-state index contributed by atoms with van der Waals surface area (Å²) in [6.07, 6.45) is 0.0468. The van der Waals surface area contributed by atoms with E-state index in [0.717, 1.165) is 32.1 Å². The summed E-state index contributed by atoms with van der Waals surface area (Å²) in [6, 6.07) is 0. The van der Waals surface area contributed by atoms with Crippen LogP contribution in [-0.2, 0) is 9.47 Å². The molecule has 0 aromatic carbocycles. The number of hydrogen-bond acceptors (Lipinski definition) is 7. The second-order valence-electron chi connectivity index (χ2n) is 11.8. The van der Waals surface area contributed by atoms with Crippen LogP contribution in [0.4, 0.5) is 0 Å². The van der Waals surface area contributed by atoms with Gasteiger partial charge in [0, 0.05) is 29.8 Å². The molecule has 6 aliphatic rings. The Kier molecular flexibility index (Phi) is 5.25. The van der Waals surface area contributed by atoms with E-state index in [0.29, 0.717) is 18.6 Å². The third-order valence-electron chi connectivity index (χ3n) is 10.1. The Balaban J connectivity index is 1.70. The number of ether oxygens (including phenoxy) is 2. The number of hydrogen-bond donors (Lipinski definition) is 5. The number of aliphatic hydroxyl groups excluding tert-OH is 4. The van der Waals surface area contributed by atoms with E-state index in [2.05, 4.69) is 27.4 Å². The van der Waals surface area contributed by atoms with Gasteiger partial charge in [0.25, 0.3) is 0 Å². The molecule has 0 amide bonds. The lowest BCUT2D eigenvalue weighted by Gasteiger charge is -2.77. The summed E-state index contributed by atoms with van der Waals surface area (Å²) in [5.74, 6) is -3.90. The highest BCUT2D eigenvalue weighted by atomic mass is 16.8. The van der Waals surface area contributed by atoms with Gasteiger partial charge in [0.2, 0.25) is 5.79 Å². The molecule has 7 nitrogen and oxygen atoms in total. The van der Waals surface area contributed by atoms with E-state index in [1.165, 1.54) is 0 Å². The molecule has 5 N–H and O–H groups in total. The van der Waals surface area contributed by atoms with Gasteiger partial charge in [-0.05, 0) is 36.7 Å². The maximum Gasteiger partial charge on any atom is 0.206 e. The molecular weight excluding hydrogens is 412 g/mol. The quantitative estimate of drug-likeness (QED) is 0.318. The minimum Gasteiger partial charge on any atom is -0.393 e. The molecule has 6 rings (SSSR count). The molecule has 0 aromatic rings. The second-order valence-corrected chi connectivity index (χ2v) is 11.8. The number of aliphatic hydroxyl groups is 5. The van der Waals surface area contributed by atoms with E-state index < -0.39 is 65.1 Å². The first-order valence-corrected chi connectivity index (χ1v) is 12.4. The van der Waals surface area contributed by atoms with Crippen molar-refractivity contribution in [1.82, 2.24) is 0 Å². The van der Waals surface area contributed by atoms with Crippen LogP contribution in [0.2, 0.25) is 0 Å². The van der Waals surface area contributed by atoms with Gasteiger partial charge >= 0.3 is 0 Å². The summed E-state index contributed by atoms with van der Waals surface area (Å²) >= 11 is 0. The van der Waals surface area contributed by atoms with Gasteiger partial charge in [0.15, 0.2) is 6.29 Å². The second kappa shape index (κ2) is 7.23. The van der Waals surface area contributed by atoms with Crippen LogP contribution >= 0.6 is 0 Å².